The highest BCUT2D eigenvalue weighted by atomic mass is 16.5. The van der Waals surface area contributed by atoms with E-state index in [9.17, 15) is 10.0 Å². The Balaban J connectivity index is 3.00. The first-order valence-electron chi connectivity index (χ1n) is 7.12. The van der Waals surface area contributed by atoms with E-state index >= 15 is 0 Å². The molecule has 0 unspecified atom stereocenters. The highest BCUT2D eigenvalue weighted by Gasteiger charge is 2.17. The molecule has 0 amide bonds. The number of rotatable bonds is 7. The van der Waals surface area contributed by atoms with Gasteiger partial charge in [-0.2, -0.15) is 0 Å². The van der Waals surface area contributed by atoms with Gasteiger partial charge >= 0.3 is 7.12 Å². The van der Waals surface area contributed by atoms with E-state index in [0.717, 1.165) is 24.4 Å². The summed E-state index contributed by atoms with van der Waals surface area (Å²) < 4.78 is 5.38. The smallest absolute Gasteiger partial charge is 0.488 e. The zero-order chi connectivity index (χ0) is 15.3. The maximum atomic E-state index is 9.30. The maximum absolute atomic E-state index is 9.30. The summed E-state index contributed by atoms with van der Waals surface area (Å²) in [5, 5.41) is 18.6. The molecule has 112 valence electrons. The first-order valence-corrected chi connectivity index (χ1v) is 7.12. The summed E-state index contributed by atoms with van der Waals surface area (Å²) >= 11 is 0. The molecule has 0 aliphatic rings. The van der Waals surface area contributed by atoms with E-state index in [4.69, 9.17) is 4.74 Å². The summed E-state index contributed by atoms with van der Waals surface area (Å²) in [5.74, 6) is 1.36. The van der Waals surface area contributed by atoms with Crippen LogP contribution in [0.4, 0.5) is 0 Å². The molecule has 0 aliphatic heterocycles. The van der Waals surface area contributed by atoms with Crippen LogP contribution in [0.3, 0.4) is 0 Å². The SMILES string of the molecule is COc1ccc(B(O)O)cc1CN(CC(C)C)C(C)C. The second-order valence-electron chi connectivity index (χ2n) is 5.86. The molecule has 0 aliphatic carbocycles. The molecule has 1 aromatic rings. The van der Waals surface area contributed by atoms with Crippen LogP contribution in [-0.4, -0.2) is 41.8 Å². The van der Waals surface area contributed by atoms with Crippen LogP contribution < -0.4 is 10.2 Å². The van der Waals surface area contributed by atoms with Gasteiger partial charge in [-0.05, 0) is 31.3 Å². The third kappa shape index (κ3) is 4.82. The number of ether oxygens (including phenoxy) is 1. The van der Waals surface area contributed by atoms with E-state index in [2.05, 4.69) is 32.6 Å². The largest absolute Gasteiger partial charge is 0.496 e. The lowest BCUT2D eigenvalue weighted by Gasteiger charge is -2.29. The third-order valence-electron chi connectivity index (χ3n) is 3.31. The van der Waals surface area contributed by atoms with Crippen molar-refractivity contribution in [3.05, 3.63) is 23.8 Å². The van der Waals surface area contributed by atoms with Crippen LogP contribution in [-0.2, 0) is 6.54 Å². The van der Waals surface area contributed by atoms with Crippen LogP contribution in [0.1, 0.15) is 33.3 Å². The summed E-state index contributed by atoms with van der Waals surface area (Å²) in [4.78, 5) is 2.36. The molecule has 0 aromatic heterocycles. The first kappa shape index (κ1) is 17.0. The molecule has 1 rings (SSSR count). The van der Waals surface area contributed by atoms with Gasteiger partial charge in [0.1, 0.15) is 5.75 Å². The fourth-order valence-corrected chi connectivity index (χ4v) is 2.23. The lowest BCUT2D eigenvalue weighted by molar-refractivity contribution is 0.187. The second kappa shape index (κ2) is 7.67. The standard InChI is InChI=1S/C15H26BNO3/c1-11(2)9-17(12(3)4)10-13-8-14(16(18)19)6-7-15(13)20-5/h6-8,11-12,18-19H,9-10H2,1-5H3. The van der Waals surface area contributed by atoms with Crippen molar-refractivity contribution in [2.24, 2.45) is 5.92 Å². The lowest BCUT2D eigenvalue weighted by atomic mass is 9.79. The number of methoxy groups -OCH3 is 1. The van der Waals surface area contributed by atoms with Crippen LogP contribution in [0.5, 0.6) is 5.75 Å². The number of hydrogen-bond acceptors (Lipinski definition) is 4. The fourth-order valence-electron chi connectivity index (χ4n) is 2.23. The molecule has 0 bridgehead atoms. The van der Waals surface area contributed by atoms with Crippen molar-refractivity contribution in [3.63, 3.8) is 0 Å². The number of nitrogens with zero attached hydrogens (tertiary/aromatic N) is 1. The maximum Gasteiger partial charge on any atom is 0.488 e. The Morgan fingerprint density at radius 3 is 2.30 bits per heavy atom. The van der Waals surface area contributed by atoms with Crippen molar-refractivity contribution in [2.45, 2.75) is 40.3 Å². The molecule has 0 saturated heterocycles. The molecular formula is C15H26BNO3. The van der Waals surface area contributed by atoms with E-state index < -0.39 is 7.12 Å². The van der Waals surface area contributed by atoms with Gasteiger partial charge in [0, 0.05) is 24.7 Å². The molecule has 20 heavy (non-hydrogen) atoms. The van der Waals surface area contributed by atoms with Gasteiger partial charge in [-0.15, -0.1) is 0 Å². The van der Waals surface area contributed by atoms with Gasteiger partial charge in [0.25, 0.3) is 0 Å². The number of hydrogen-bond donors (Lipinski definition) is 2. The summed E-state index contributed by atoms with van der Waals surface area (Å²) in [6.45, 7) is 10.5. The van der Waals surface area contributed by atoms with Crippen molar-refractivity contribution in [3.8, 4) is 5.75 Å². The Morgan fingerprint density at radius 2 is 1.85 bits per heavy atom. The second-order valence-corrected chi connectivity index (χ2v) is 5.86. The topological polar surface area (TPSA) is 52.9 Å². The van der Waals surface area contributed by atoms with Crippen molar-refractivity contribution < 1.29 is 14.8 Å². The quantitative estimate of drug-likeness (QED) is 0.737. The van der Waals surface area contributed by atoms with Crippen molar-refractivity contribution >= 4 is 12.6 Å². The summed E-state index contributed by atoms with van der Waals surface area (Å²) in [7, 11) is 0.188. The van der Waals surface area contributed by atoms with Gasteiger partial charge in [0.15, 0.2) is 0 Å². The Morgan fingerprint density at radius 1 is 1.20 bits per heavy atom. The third-order valence-corrected chi connectivity index (χ3v) is 3.31. The molecule has 0 heterocycles. The predicted octanol–water partition coefficient (Wildman–Crippen LogP) is 1.24. The predicted molar refractivity (Wildman–Crippen MR) is 83.2 cm³/mol. The van der Waals surface area contributed by atoms with Crippen LogP contribution in [0, 0.1) is 5.92 Å². The first-order chi connectivity index (χ1) is 9.35. The molecule has 1 aromatic carbocycles. The van der Waals surface area contributed by atoms with Gasteiger partial charge in [-0.3, -0.25) is 4.90 Å². The average molecular weight is 279 g/mol. The van der Waals surface area contributed by atoms with E-state index in [1.807, 2.05) is 0 Å². The molecule has 0 atom stereocenters. The number of benzene rings is 1. The highest BCUT2D eigenvalue weighted by Crippen LogP contribution is 2.20. The average Bonchev–Trinajstić information content (AvgIpc) is 2.37. The molecule has 0 radical (unpaired) electrons. The van der Waals surface area contributed by atoms with Crippen LogP contribution in [0.25, 0.3) is 0 Å². The minimum Gasteiger partial charge on any atom is -0.496 e. The summed E-state index contributed by atoms with van der Waals surface area (Å²) in [6.07, 6.45) is 0. The zero-order valence-corrected chi connectivity index (χ0v) is 13.1. The summed E-state index contributed by atoms with van der Waals surface area (Å²) in [6, 6.07) is 5.69. The Kier molecular flexibility index (Phi) is 6.53. The van der Waals surface area contributed by atoms with Gasteiger partial charge < -0.3 is 14.8 Å². The molecule has 0 saturated carbocycles. The molecule has 0 spiro atoms. The van der Waals surface area contributed by atoms with Crippen molar-refractivity contribution in [1.29, 1.82) is 0 Å². The van der Waals surface area contributed by atoms with Crippen molar-refractivity contribution in [2.75, 3.05) is 13.7 Å². The normalized spacial score (nSPS) is 11.5. The fraction of sp³-hybridized carbons (Fsp3) is 0.600. The molecule has 4 nitrogen and oxygen atoms in total. The Labute approximate surface area is 122 Å². The van der Waals surface area contributed by atoms with Gasteiger partial charge in [0.2, 0.25) is 0 Å². The molecule has 2 N–H and O–H groups in total. The minimum atomic E-state index is -1.45. The molecule has 5 heteroatoms. The van der Waals surface area contributed by atoms with Crippen molar-refractivity contribution in [1.82, 2.24) is 4.90 Å². The van der Waals surface area contributed by atoms with Crippen LogP contribution >= 0.6 is 0 Å². The van der Waals surface area contributed by atoms with Gasteiger partial charge in [-0.25, -0.2) is 0 Å². The van der Waals surface area contributed by atoms with E-state index in [1.54, 1.807) is 25.3 Å². The Hall–Kier alpha value is -1.04. The lowest BCUT2D eigenvalue weighted by Crippen LogP contribution is -2.35. The van der Waals surface area contributed by atoms with Crippen LogP contribution in [0.15, 0.2) is 18.2 Å². The molecule has 0 fully saturated rings. The van der Waals surface area contributed by atoms with E-state index in [0.29, 0.717) is 17.4 Å². The Bertz CT molecular complexity index is 422. The van der Waals surface area contributed by atoms with Crippen LogP contribution in [0.2, 0.25) is 0 Å². The zero-order valence-electron chi connectivity index (χ0n) is 13.1. The monoisotopic (exact) mass is 279 g/mol. The molecular weight excluding hydrogens is 253 g/mol. The van der Waals surface area contributed by atoms with Gasteiger partial charge in [-0.1, -0.05) is 26.0 Å². The summed E-state index contributed by atoms with van der Waals surface area (Å²) in [5.41, 5.74) is 1.47. The van der Waals surface area contributed by atoms with Gasteiger partial charge in [0.05, 0.1) is 7.11 Å². The van der Waals surface area contributed by atoms with E-state index in [1.165, 1.54) is 0 Å². The minimum absolute atomic E-state index is 0.421. The van der Waals surface area contributed by atoms with E-state index in [-0.39, 0.29) is 0 Å². The highest BCUT2D eigenvalue weighted by molar-refractivity contribution is 6.58.